The molecule has 0 aromatic rings. The van der Waals surface area contributed by atoms with Crippen LogP contribution < -0.4 is 10.6 Å². The van der Waals surface area contributed by atoms with E-state index in [9.17, 15) is 4.79 Å². The third-order valence-corrected chi connectivity index (χ3v) is 4.68. The molecule has 1 amide bonds. The lowest BCUT2D eigenvalue weighted by molar-refractivity contribution is -0.122. The molecule has 0 aromatic carbocycles. The Kier molecular flexibility index (Phi) is 5.64. The zero-order valence-corrected chi connectivity index (χ0v) is 12.5. The highest BCUT2D eigenvalue weighted by Crippen LogP contribution is 2.22. The van der Waals surface area contributed by atoms with E-state index in [-0.39, 0.29) is 5.91 Å². The summed E-state index contributed by atoms with van der Waals surface area (Å²) in [6.45, 7) is 2.22. The summed E-state index contributed by atoms with van der Waals surface area (Å²) in [4.78, 5) is 14.3. The Morgan fingerprint density at radius 2 is 2.16 bits per heavy atom. The van der Waals surface area contributed by atoms with Crippen LogP contribution in [-0.4, -0.2) is 50.1 Å². The molecule has 3 atom stereocenters. The summed E-state index contributed by atoms with van der Waals surface area (Å²) in [6.07, 6.45) is 7.76. The van der Waals surface area contributed by atoms with E-state index in [1.165, 1.54) is 19.3 Å². The van der Waals surface area contributed by atoms with Crippen molar-refractivity contribution < 1.29 is 4.79 Å². The lowest BCUT2D eigenvalue weighted by atomic mass is 9.90. The lowest BCUT2D eigenvalue weighted by Gasteiger charge is -2.33. The average Bonchev–Trinajstić information content (AvgIpc) is 2.90. The highest BCUT2D eigenvalue weighted by atomic mass is 16.1. The van der Waals surface area contributed by atoms with Gasteiger partial charge in [-0.1, -0.05) is 0 Å². The van der Waals surface area contributed by atoms with Crippen molar-refractivity contribution in [1.82, 2.24) is 15.5 Å². The van der Waals surface area contributed by atoms with Crippen LogP contribution in [0.2, 0.25) is 0 Å². The predicted octanol–water partition coefficient (Wildman–Crippen LogP) is 1.37. The van der Waals surface area contributed by atoms with Crippen LogP contribution in [0.4, 0.5) is 0 Å². The summed E-state index contributed by atoms with van der Waals surface area (Å²) in [5.41, 5.74) is 0. The van der Waals surface area contributed by atoms with Crippen molar-refractivity contribution >= 4 is 5.91 Å². The number of hydrogen-bond donors (Lipinski definition) is 2. The van der Waals surface area contributed by atoms with Gasteiger partial charge in [-0.2, -0.15) is 0 Å². The number of amides is 1. The fourth-order valence-corrected chi connectivity index (χ4v) is 3.36. The van der Waals surface area contributed by atoms with E-state index in [1.54, 1.807) is 0 Å². The van der Waals surface area contributed by atoms with Gasteiger partial charge in [0, 0.05) is 18.5 Å². The van der Waals surface area contributed by atoms with Gasteiger partial charge < -0.3 is 15.5 Å². The summed E-state index contributed by atoms with van der Waals surface area (Å²) < 4.78 is 0. The summed E-state index contributed by atoms with van der Waals surface area (Å²) in [6, 6.07) is 1.04. The van der Waals surface area contributed by atoms with Crippen LogP contribution in [0.3, 0.4) is 0 Å². The molecule has 0 radical (unpaired) electrons. The van der Waals surface area contributed by atoms with Gasteiger partial charge in [0.2, 0.25) is 5.91 Å². The van der Waals surface area contributed by atoms with Gasteiger partial charge >= 0.3 is 0 Å². The van der Waals surface area contributed by atoms with Crippen molar-refractivity contribution in [3.05, 3.63) is 0 Å². The lowest BCUT2D eigenvalue weighted by Crippen LogP contribution is -2.43. The van der Waals surface area contributed by atoms with Crippen molar-refractivity contribution in [2.24, 2.45) is 5.92 Å². The molecule has 4 heteroatoms. The SMILES string of the molecule is CN(C)C1CCCC(NC(=O)CCC2CCNC2)C1. The molecule has 19 heavy (non-hydrogen) atoms. The van der Waals surface area contributed by atoms with Gasteiger partial charge in [0.1, 0.15) is 0 Å². The number of hydrogen-bond acceptors (Lipinski definition) is 3. The van der Waals surface area contributed by atoms with Crippen LogP contribution in [0.5, 0.6) is 0 Å². The molecule has 0 aromatic heterocycles. The van der Waals surface area contributed by atoms with Crippen LogP contribution in [0.15, 0.2) is 0 Å². The minimum absolute atomic E-state index is 0.260. The first-order valence-electron chi connectivity index (χ1n) is 7.81. The molecule has 1 saturated carbocycles. The molecule has 1 aliphatic carbocycles. The van der Waals surface area contributed by atoms with E-state index in [4.69, 9.17) is 0 Å². The second-order valence-electron chi connectivity index (χ2n) is 6.45. The molecule has 2 rings (SSSR count). The number of nitrogens with zero attached hydrogens (tertiary/aromatic N) is 1. The predicted molar refractivity (Wildman–Crippen MR) is 78.1 cm³/mol. The minimum atomic E-state index is 0.260. The van der Waals surface area contributed by atoms with E-state index < -0.39 is 0 Å². The van der Waals surface area contributed by atoms with Gasteiger partial charge in [-0.05, 0) is 71.6 Å². The molecule has 2 aliphatic rings. The van der Waals surface area contributed by atoms with E-state index in [2.05, 4.69) is 29.6 Å². The second-order valence-corrected chi connectivity index (χ2v) is 6.45. The molecule has 4 nitrogen and oxygen atoms in total. The summed E-state index contributed by atoms with van der Waals surface area (Å²) >= 11 is 0. The Labute approximate surface area is 117 Å². The molecule has 2 N–H and O–H groups in total. The van der Waals surface area contributed by atoms with E-state index >= 15 is 0 Å². The Morgan fingerprint density at radius 1 is 1.32 bits per heavy atom. The molecule has 110 valence electrons. The monoisotopic (exact) mass is 267 g/mol. The van der Waals surface area contributed by atoms with E-state index in [0.717, 1.165) is 32.4 Å². The van der Waals surface area contributed by atoms with Crippen LogP contribution in [0.25, 0.3) is 0 Å². The smallest absolute Gasteiger partial charge is 0.220 e. The van der Waals surface area contributed by atoms with Crippen LogP contribution >= 0.6 is 0 Å². The molecule has 0 bridgehead atoms. The molecule has 0 spiro atoms. The zero-order chi connectivity index (χ0) is 13.7. The largest absolute Gasteiger partial charge is 0.353 e. The van der Waals surface area contributed by atoms with Crippen molar-refractivity contribution in [2.45, 2.75) is 57.0 Å². The number of nitrogens with one attached hydrogen (secondary N) is 2. The highest BCUT2D eigenvalue weighted by Gasteiger charge is 2.24. The first-order chi connectivity index (χ1) is 9.15. The molecule has 3 unspecified atom stereocenters. The maximum absolute atomic E-state index is 12.0. The second kappa shape index (κ2) is 7.25. The van der Waals surface area contributed by atoms with Gasteiger partial charge in [-0.3, -0.25) is 4.79 Å². The topological polar surface area (TPSA) is 44.4 Å². The van der Waals surface area contributed by atoms with Crippen LogP contribution in [-0.2, 0) is 4.79 Å². The van der Waals surface area contributed by atoms with Gasteiger partial charge in [-0.25, -0.2) is 0 Å². The first-order valence-corrected chi connectivity index (χ1v) is 7.81. The van der Waals surface area contributed by atoms with Gasteiger partial charge in [0.25, 0.3) is 0 Å². The summed E-state index contributed by atoms with van der Waals surface area (Å²) in [5, 5.41) is 6.60. The standard InChI is InChI=1S/C15H29N3O/c1-18(2)14-5-3-4-13(10-14)17-15(19)7-6-12-8-9-16-11-12/h12-14,16H,3-11H2,1-2H3,(H,17,19). The van der Waals surface area contributed by atoms with Crippen molar-refractivity contribution in [3.63, 3.8) is 0 Å². The van der Waals surface area contributed by atoms with Gasteiger partial charge in [-0.15, -0.1) is 0 Å². The average molecular weight is 267 g/mol. The van der Waals surface area contributed by atoms with Crippen LogP contribution in [0.1, 0.15) is 44.9 Å². The van der Waals surface area contributed by atoms with Crippen molar-refractivity contribution in [2.75, 3.05) is 27.2 Å². The maximum atomic E-state index is 12.0. The maximum Gasteiger partial charge on any atom is 0.220 e. The van der Waals surface area contributed by atoms with Crippen molar-refractivity contribution in [1.29, 1.82) is 0 Å². The third kappa shape index (κ3) is 4.77. The molecule has 1 aliphatic heterocycles. The molecule has 2 fully saturated rings. The zero-order valence-electron chi connectivity index (χ0n) is 12.5. The van der Waals surface area contributed by atoms with Crippen LogP contribution in [0, 0.1) is 5.92 Å². The first kappa shape index (κ1) is 14.8. The Balaban J connectivity index is 1.66. The fraction of sp³-hybridized carbons (Fsp3) is 0.933. The summed E-state index contributed by atoms with van der Waals surface area (Å²) in [5.74, 6) is 0.975. The highest BCUT2D eigenvalue weighted by molar-refractivity contribution is 5.76. The molecule has 1 saturated heterocycles. The fourth-order valence-electron chi connectivity index (χ4n) is 3.36. The molecular weight excluding hydrogens is 238 g/mol. The third-order valence-electron chi connectivity index (χ3n) is 4.68. The molecule has 1 heterocycles. The van der Waals surface area contributed by atoms with E-state index in [1.807, 2.05) is 0 Å². The molecular formula is C15H29N3O. The van der Waals surface area contributed by atoms with E-state index in [0.29, 0.717) is 24.4 Å². The number of carbonyl (C=O) groups excluding carboxylic acids is 1. The normalized spacial score (nSPS) is 31.6. The van der Waals surface area contributed by atoms with Gasteiger partial charge in [0.15, 0.2) is 0 Å². The van der Waals surface area contributed by atoms with Crippen molar-refractivity contribution in [3.8, 4) is 0 Å². The Morgan fingerprint density at radius 3 is 2.84 bits per heavy atom. The quantitative estimate of drug-likeness (QED) is 0.790. The minimum Gasteiger partial charge on any atom is -0.353 e. The Hall–Kier alpha value is -0.610. The Bertz CT molecular complexity index is 287. The summed E-state index contributed by atoms with van der Waals surface area (Å²) in [7, 11) is 4.28. The number of carbonyl (C=O) groups is 1. The number of rotatable bonds is 5. The van der Waals surface area contributed by atoms with Gasteiger partial charge in [0.05, 0.1) is 0 Å².